The zero-order chi connectivity index (χ0) is 15.1. The Morgan fingerprint density at radius 3 is 2.75 bits per heavy atom. The number of halogens is 1. The molecule has 0 saturated heterocycles. The van der Waals surface area contributed by atoms with Gasteiger partial charge in [0.15, 0.2) is 0 Å². The second-order valence-electron chi connectivity index (χ2n) is 4.84. The highest BCUT2D eigenvalue weighted by atomic mass is 31.0. The summed E-state index contributed by atoms with van der Waals surface area (Å²) >= 11 is 0. The van der Waals surface area contributed by atoms with Crippen LogP contribution in [0.5, 0.6) is 0 Å². The minimum atomic E-state index is -0.554. The summed E-state index contributed by atoms with van der Waals surface area (Å²) in [5, 5.41) is 2.98. The lowest BCUT2D eigenvalue weighted by Gasteiger charge is -2.09. The summed E-state index contributed by atoms with van der Waals surface area (Å²) < 4.78 is 18.2. The lowest BCUT2D eigenvalue weighted by Crippen LogP contribution is -2.28. The van der Waals surface area contributed by atoms with Crippen LogP contribution in [-0.2, 0) is 20.9 Å². The van der Waals surface area contributed by atoms with E-state index in [1.165, 1.54) is 6.07 Å². The van der Waals surface area contributed by atoms with Crippen LogP contribution in [0.4, 0.5) is 4.39 Å². The molecule has 0 bridgehead atoms. The van der Waals surface area contributed by atoms with Gasteiger partial charge in [0.25, 0.3) is 0 Å². The van der Waals surface area contributed by atoms with Crippen LogP contribution in [0.1, 0.15) is 25.8 Å². The monoisotopic (exact) mass is 299 g/mol. The molecule has 0 aliphatic carbocycles. The zero-order valence-corrected chi connectivity index (χ0v) is 12.8. The van der Waals surface area contributed by atoms with E-state index in [4.69, 9.17) is 4.74 Å². The topological polar surface area (TPSA) is 55.4 Å². The number of hydrogen-bond donors (Lipinski definition) is 1. The normalized spacial score (nSPS) is 10.4. The average molecular weight is 299 g/mol. The number of hydrogen-bond acceptors (Lipinski definition) is 3. The van der Waals surface area contributed by atoms with Gasteiger partial charge < -0.3 is 10.1 Å². The molecule has 1 atom stereocenters. The molecule has 20 heavy (non-hydrogen) atoms. The highest BCUT2D eigenvalue weighted by molar-refractivity contribution is 7.27. The first-order valence-corrected chi connectivity index (χ1v) is 6.93. The molecule has 0 radical (unpaired) electrons. The molecule has 0 aromatic heterocycles. The maximum atomic E-state index is 13.3. The summed E-state index contributed by atoms with van der Waals surface area (Å²) in [6, 6.07) is 4.63. The van der Waals surface area contributed by atoms with Gasteiger partial charge in [-0.05, 0) is 17.5 Å². The first-order valence-electron chi connectivity index (χ1n) is 6.35. The molecule has 0 spiro atoms. The van der Waals surface area contributed by atoms with Crippen molar-refractivity contribution in [2.75, 3.05) is 6.61 Å². The molecule has 0 aliphatic heterocycles. The molecule has 0 saturated carbocycles. The Hall–Kier alpha value is -1.48. The first kappa shape index (κ1) is 16.6. The number of rotatable bonds is 6. The molecular formula is C14H19FNO3P. The zero-order valence-electron chi connectivity index (χ0n) is 11.6. The van der Waals surface area contributed by atoms with Crippen LogP contribution in [0, 0.1) is 11.7 Å². The average Bonchev–Trinajstić information content (AvgIpc) is 2.38. The molecule has 0 aliphatic rings. The van der Waals surface area contributed by atoms with Gasteiger partial charge in [-0.3, -0.25) is 9.59 Å². The van der Waals surface area contributed by atoms with E-state index in [1.807, 2.05) is 13.8 Å². The molecule has 0 heterocycles. The van der Waals surface area contributed by atoms with E-state index in [0.717, 1.165) is 0 Å². The molecular weight excluding hydrogens is 280 g/mol. The van der Waals surface area contributed by atoms with Gasteiger partial charge >= 0.3 is 5.97 Å². The van der Waals surface area contributed by atoms with Crippen LogP contribution in [0.2, 0.25) is 0 Å². The summed E-state index contributed by atoms with van der Waals surface area (Å²) in [4.78, 5) is 22.9. The number of nitrogens with one attached hydrogen (secondary N) is 1. The van der Waals surface area contributed by atoms with Gasteiger partial charge in [0.05, 0.1) is 6.61 Å². The van der Waals surface area contributed by atoms with E-state index in [0.29, 0.717) is 17.5 Å². The third kappa shape index (κ3) is 5.66. The van der Waals surface area contributed by atoms with Crippen LogP contribution in [0.3, 0.4) is 0 Å². The number of carbonyl (C=O) groups excluding carboxylic acids is 2. The van der Waals surface area contributed by atoms with E-state index >= 15 is 0 Å². The predicted octanol–water partition coefficient (Wildman–Crippen LogP) is 1.53. The standard InChI is InChI=1S/C14H19FNO3P/c1-9(2)8-19-13(18)6-12(17)16-7-10-4-3-5-11(15)14(10)20/h3-5,9H,6-8,20H2,1-2H3,(H,16,17). The second kappa shape index (κ2) is 7.95. The minimum absolute atomic E-state index is 0.173. The Morgan fingerprint density at radius 2 is 2.10 bits per heavy atom. The van der Waals surface area contributed by atoms with E-state index < -0.39 is 11.9 Å². The SMILES string of the molecule is CC(C)COC(=O)CC(=O)NCc1cccc(F)c1P. The van der Waals surface area contributed by atoms with Crippen molar-refractivity contribution in [1.29, 1.82) is 0 Å². The Bertz CT molecular complexity index is 491. The fourth-order valence-corrected chi connectivity index (χ4v) is 1.73. The van der Waals surface area contributed by atoms with E-state index in [1.54, 1.807) is 12.1 Å². The fourth-order valence-electron chi connectivity index (χ4n) is 1.43. The Morgan fingerprint density at radius 1 is 1.40 bits per heavy atom. The molecule has 1 unspecified atom stereocenters. The van der Waals surface area contributed by atoms with Crippen molar-refractivity contribution in [1.82, 2.24) is 5.32 Å². The van der Waals surface area contributed by atoms with Crippen molar-refractivity contribution >= 4 is 26.4 Å². The van der Waals surface area contributed by atoms with E-state index in [-0.39, 0.29) is 24.7 Å². The highest BCUT2D eigenvalue weighted by Crippen LogP contribution is 2.05. The Balaban J connectivity index is 2.40. The Kier molecular flexibility index (Phi) is 6.59. The second-order valence-corrected chi connectivity index (χ2v) is 5.42. The smallest absolute Gasteiger partial charge is 0.315 e. The van der Waals surface area contributed by atoms with Crippen LogP contribution < -0.4 is 10.6 Å². The van der Waals surface area contributed by atoms with Gasteiger partial charge in [0.2, 0.25) is 5.91 Å². The van der Waals surface area contributed by atoms with Gasteiger partial charge in [-0.1, -0.05) is 26.0 Å². The quantitative estimate of drug-likeness (QED) is 0.492. The van der Waals surface area contributed by atoms with E-state index in [2.05, 4.69) is 14.6 Å². The van der Waals surface area contributed by atoms with Gasteiger partial charge in [0.1, 0.15) is 12.2 Å². The fraction of sp³-hybridized carbons (Fsp3) is 0.429. The lowest BCUT2D eigenvalue weighted by molar-refractivity contribution is -0.147. The number of ether oxygens (including phenoxy) is 1. The van der Waals surface area contributed by atoms with Crippen LogP contribution in [0.25, 0.3) is 0 Å². The molecule has 1 aromatic rings. The van der Waals surface area contributed by atoms with Crippen LogP contribution >= 0.6 is 9.24 Å². The summed E-state index contributed by atoms with van der Waals surface area (Å²) in [6.07, 6.45) is -0.325. The number of benzene rings is 1. The summed E-state index contributed by atoms with van der Waals surface area (Å²) in [5.41, 5.74) is 0.652. The summed E-state index contributed by atoms with van der Waals surface area (Å²) in [6.45, 7) is 4.30. The molecule has 1 N–H and O–H groups in total. The molecule has 0 fully saturated rings. The van der Waals surface area contributed by atoms with Crippen molar-refractivity contribution < 1.29 is 18.7 Å². The van der Waals surface area contributed by atoms with Crippen LogP contribution in [-0.4, -0.2) is 18.5 Å². The van der Waals surface area contributed by atoms with Gasteiger partial charge in [-0.25, -0.2) is 4.39 Å². The molecule has 1 aromatic carbocycles. The first-order chi connectivity index (χ1) is 9.40. The minimum Gasteiger partial charge on any atom is -0.465 e. The molecule has 6 heteroatoms. The molecule has 1 rings (SSSR count). The third-order valence-corrected chi connectivity index (χ3v) is 3.15. The summed E-state index contributed by atoms with van der Waals surface area (Å²) in [5.74, 6) is -1.11. The van der Waals surface area contributed by atoms with Gasteiger partial charge in [-0.2, -0.15) is 0 Å². The van der Waals surface area contributed by atoms with Crippen molar-refractivity contribution in [2.45, 2.75) is 26.8 Å². The number of amides is 1. The van der Waals surface area contributed by atoms with Crippen molar-refractivity contribution in [3.8, 4) is 0 Å². The lowest BCUT2D eigenvalue weighted by atomic mass is 10.2. The molecule has 4 nitrogen and oxygen atoms in total. The van der Waals surface area contributed by atoms with Crippen molar-refractivity contribution in [3.05, 3.63) is 29.6 Å². The van der Waals surface area contributed by atoms with Gasteiger partial charge in [0, 0.05) is 11.8 Å². The van der Waals surface area contributed by atoms with Crippen LogP contribution in [0.15, 0.2) is 18.2 Å². The number of esters is 1. The largest absolute Gasteiger partial charge is 0.465 e. The van der Waals surface area contributed by atoms with Crippen molar-refractivity contribution in [3.63, 3.8) is 0 Å². The van der Waals surface area contributed by atoms with E-state index in [9.17, 15) is 14.0 Å². The maximum Gasteiger partial charge on any atom is 0.315 e. The maximum absolute atomic E-state index is 13.3. The highest BCUT2D eigenvalue weighted by Gasteiger charge is 2.12. The number of carbonyl (C=O) groups is 2. The van der Waals surface area contributed by atoms with Crippen molar-refractivity contribution in [2.24, 2.45) is 5.92 Å². The summed E-state index contributed by atoms with van der Waals surface area (Å²) in [7, 11) is 2.29. The Labute approximate surface area is 120 Å². The predicted molar refractivity (Wildman–Crippen MR) is 78.0 cm³/mol. The van der Waals surface area contributed by atoms with Gasteiger partial charge in [-0.15, -0.1) is 9.24 Å². The molecule has 1 amide bonds. The third-order valence-electron chi connectivity index (χ3n) is 2.50. The molecule has 110 valence electrons.